The van der Waals surface area contributed by atoms with Gasteiger partial charge in [-0.3, -0.25) is 4.79 Å². The monoisotopic (exact) mass is 199 g/mol. The summed E-state index contributed by atoms with van der Waals surface area (Å²) in [6, 6.07) is 18.6. The maximum atomic E-state index is 10.0. The molecule has 2 aromatic carbocycles. The van der Waals surface area contributed by atoms with Crippen LogP contribution in [0, 0.1) is 0 Å². The SMILES string of the molecule is Nc1ccccc1.O=Cc1ccccc1. The Balaban J connectivity index is 0.000000151. The van der Waals surface area contributed by atoms with Crippen molar-refractivity contribution in [1.82, 2.24) is 0 Å². The lowest BCUT2D eigenvalue weighted by Crippen LogP contribution is -1.79. The molecule has 0 unspecified atom stereocenters. The van der Waals surface area contributed by atoms with Gasteiger partial charge in [0.15, 0.2) is 0 Å². The number of rotatable bonds is 1. The number of benzene rings is 2. The lowest BCUT2D eigenvalue weighted by Gasteiger charge is -1.83. The molecular weight excluding hydrogens is 186 g/mol. The Morgan fingerprint density at radius 1 is 0.800 bits per heavy atom. The second-order valence-electron chi connectivity index (χ2n) is 2.94. The van der Waals surface area contributed by atoms with E-state index in [2.05, 4.69) is 0 Å². The van der Waals surface area contributed by atoms with Crippen molar-refractivity contribution in [3.05, 3.63) is 66.2 Å². The van der Waals surface area contributed by atoms with Crippen molar-refractivity contribution in [2.45, 2.75) is 0 Å². The summed E-state index contributed by atoms with van der Waals surface area (Å²) in [7, 11) is 0. The highest BCUT2D eigenvalue weighted by atomic mass is 16.1. The van der Waals surface area contributed by atoms with Gasteiger partial charge in [-0.15, -0.1) is 0 Å². The van der Waals surface area contributed by atoms with Gasteiger partial charge in [-0.1, -0.05) is 48.5 Å². The molecular formula is C13H13NO. The quantitative estimate of drug-likeness (QED) is 0.567. The maximum Gasteiger partial charge on any atom is 0.150 e. The molecule has 0 saturated heterocycles. The summed E-state index contributed by atoms with van der Waals surface area (Å²) >= 11 is 0. The van der Waals surface area contributed by atoms with Crippen LogP contribution in [0.25, 0.3) is 0 Å². The molecule has 2 N–H and O–H groups in total. The molecule has 0 saturated carbocycles. The average Bonchev–Trinajstić information content (AvgIpc) is 2.32. The fraction of sp³-hybridized carbons (Fsp3) is 0. The van der Waals surface area contributed by atoms with Crippen molar-refractivity contribution < 1.29 is 4.79 Å². The molecule has 76 valence electrons. The predicted molar refractivity (Wildman–Crippen MR) is 62.7 cm³/mol. The molecule has 2 rings (SSSR count). The van der Waals surface area contributed by atoms with Crippen LogP contribution in [0.2, 0.25) is 0 Å². The van der Waals surface area contributed by atoms with Crippen LogP contribution in [0.15, 0.2) is 60.7 Å². The predicted octanol–water partition coefficient (Wildman–Crippen LogP) is 2.77. The van der Waals surface area contributed by atoms with Crippen molar-refractivity contribution in [2.24, 2.45) is 0 Å². The van der Waals surface area contributed by atoms with E-state index in [0.717, 1.165) is 17.5 Å². The van der Waals surface area contributed by atoms with E-state index >= 15 is 0 Å². The molecule has 2 aromatic rings. The first kappa shape index (κ1) is 11.0. The zero-order chi connectivity index (χ0) is 10.9. The van der Waals surface area contributed by atoms with E-state index in [1.54, 1.807) is 12.1 Å². The summed E-state index contributed by atoms with van der Waals surface area (Å²) in [5.74, 6) is 0. The van der Waals surface area contributed by atoms with E-state index in [9.17, 15) is 4.79 Å². The smallest absolute Gasteiger partial charge is 0.150 e. The Kier molecular flexibility index (Phi) is 4.67. The number of hydrogen-bond acceptors (Lipinski definition) is 2. The minimum Gasteiger partial charge on any atom is -0.399 e. The number of para-hydroxylation sites is 1. The fourth-order valence-corrected chi connectivity index (χ4v) is 0.985. The normalized spacial score (nSPS) is 8.53. The number of aldehydes is 1. The van der Waals surface area contributed by atoms with E-state index in [0.29, 0.717) is 0 Å². The van der Waals surface area contributed by atoms with Crippen LogP contribution in [0.1, 0.15) is 10.4 Å². The number of nitrogens with two attached hydrogens (primary N) is 1. The molecule has 0 radical (unpaired) electrons. The first-order valence-corrected chi connectivity index (χ1v) is 4.63. The highest BCUT2D eigenvalue weighted by molar-refractivity contribution is 5.74. The number of hydrogen-bond donors (Lipinski definition) is 1. The molecule has 0 fully saturated rings. The molecule has 0 amide bonds. The average molecular weight is 199 g/mol. The van der Waals surface area contributed by atoms with E-state index < -0.39 is 0 Å². The Morgan fingerprint density at radius 2 is 1.27 bits per heavy atom. The summed E-state index contributed by atoms with van der Waals surface area (Å²) in [6.07, 6.45) is 0.833. The number of anilines is 1. The van der Waals surface area contributed by atoms with Crippen molar-refractivity contribution in [3.63, 3.8) is 0 Å². The summed E-state index contributed by atoms with van der Waals surface area (Å²) in [5, 5.41) is 0. The maximum absolute atomic E-state index is 10.0. The largest absolute Gasteiger partial charge is 0.399 e. The van der Waals surface area contributed by atoms with E-state index in [1.807, 2.05) is 48.5 Å². The Hall–Kier alpha value is -2.09. The van der Waals surface area contributed by atoms with Crippen LogP contribution in [-0.2, 0) is 0 Å². The zero-order valence-corrected chi connectivity index (χ0v) is 8.34. The van der Waals surface area contributed by atoms with Crippen LogP contribution < -0.4 is 5.73 Å². The molecule has 0 aromatic heterocycles. The second kappa shape index (κ2) is 6.38. The van der Waals surface area contributed by atoms with Crippen LogP contribution in [-0.4, -0.2) is 6.29 Å². The molecule has 2 heteroatoms. The van der Waals surface area contributed by atoms with Crippen molar-refractivity contribution >= 4 is 12.0 Å². The van der Waals surface area contributed by atoms with Gasteiger partial charge in [0.2, 0.25) is 0 Å². The van der Waals surface area contributed by atoms with E-state index in [-0.39, 0.29) is 0 Å². The van der Waals surface area contributed by atoms with Gasteiger partial charge < -0.3 is 5.73 Å². The molecule has 0 aliphatic carbocycles. The molecule has 0 aliphatic rings. The molecule has 0 atom stereocenters. The first-order chi connectivity index (χ1) is 7.33. The molecule has 0 heterocycles. The minimum absolute atomic E-state index is 0.729. The lowest BCUT2D eigenvalue weighted by atomic mass is 10.2. The topological polar surface area (TPSA) is 43.1 Å². The van der Waals surface area contributed by atoms with Crippen LogP contribution in [0.4, 0.5) is 5.69 Å². The van der Waals surface area contributed by atoms with Crippen molar-refractivity contribution in [1.29, 1.82) is 0 Å². The molecule has 2 nitrogen and oxygen atoms in total. The van der Waals surface area contributed by atoms with Crippen LogP contribution >= 0.6 is 0 Å². The Morgan fingerprint density at radius 3 is 1.53 bits per heavy atom. The molecule has 15 heavy (non-hydrogen) atoms. The number of carbonyl (C=O) groups excluding carboxylic acids is 1. The summed E-state index contributed by atoms with van der Waals surface area (Å²) in [4.78, 5) is 10.0. The van der Waals surface area contributed by atoms with Gasteiger partial charge in [-0.05, 0) is 12.1 Å². The third-order valence-electron chi connectivity index (χ3n) is 1.74. The van der Waals surface area contributed by atoms with E-state index in [4.69, 9.17) is 5.73 Å². The summed E-state index contributed by atoms with van der Waals surface area (Å²) in [6.45, 7) is 0. The summed E-state index contributed by atoms with van der Waals surface area (Å²) in [5.41, 5.74) is 6.91. The number of nitrogen functional groups attached to an aromatic ring is 1. The van der Waals surface area contributed by atoms with Crippen LogP contribution in [0.3, 0.4) is 0 Å². The van der Waals surface area contributed by atoms with Crippen LogP contribution in [0.5, 0.6) is 0 Å². The van der Waals surface area contributed by atoms with Crippen molar-refractivity contribution in [3.8, 4) is 0 Å². The summed E-state index contributed by atoms with van der Waals surface area (Å²) < 4.78 is 0. The number of carbonyl (C=O) groups is 1. The zero-order valence-electron chi connectivity index (χ0n) is 8.34. The highest BCUT2D eigenvalue weighted by Crippen LogP contribution is 1.95. The van der Waals surface area contributed by atoms with Gasteiger partial charge >= 0.3 is 0 Å². The third kappa shape index (κ3) is 4.62. The molecule has 0 spiro atoms. The fourth-order valence-electron chi connectivity index (χ4n) is 0.985. The van der Waals surface area contributed by atoms with Gasteiger partial charge in [-0.2, -0.15) is 0 Å². The van der Waals surface area contributed by atoms with Gasteiger partial charge in [-0.25, -0.2) is 0 Å². The Bertz CT molecular complexity index is 384. The third-order valence-corrected chi connectivity index (χ3v) is 1.74. The minimum atomic E-state index is 0.729. The van der Waals surface area contributed by atoms with Gasteiger partial charge in [0.25, 0.3) is 0 Å². The van der Waals surface area contributed by atoms with Gasteiger partial charge in [0.05, 0.1) is 0 Å². The second-order valence-corrected chi connectivity index (χ2v) is 2.94. The first-order valence-electron chi connectivity index (χ1n) is 4.63. The lowest BCUT2D eigenvalue weighted by molar-refractivity contribution is 0.112. The van der Waals surface area contributed by atoms with Gasteiger partial charge in [0, 0.05) is 11.3 Å². The van der Waals surface area contributed by atoms with E-state index in [1.165, 1.54) is 0 Å². The van der Waals surface area contributed by atoms with Gasteiger partial charge in [0.1, 0.15) is 6.29 Å². The Labute approximate surface area is 89.4 Å². The molecule has 0 bridgehead atoms. The standard InChI is InChI=1S/C7H6O.C6H7N/c8-6-7-4-2-1-3-5-7;7-6-4-2-1-3-5-6/h1-6H;1-5H,7H2. The highest BCUT2D eigenvalue weighted by Gasteiger charge is 1.80. The van der Waals surface area contributed by atoms with Crippen molar-refractivity contribution in [2.75, 3.05) is 5.73 Å². The molecule has 0 aliphatic heterocycles.